The lowest BCUT2D eigenvalue weighted by molar-refractivity contribution is -0.154. The highest BCUT2D eigenvalue weighted by atomic mass is 16.8. The summed E-state index contributed by atoms with van der Waals surface area (Å²) in [6, 6.07) is 0. The Balaban J connectivity index is 2.60. The molecule has 0 saturated carbocycles. The van der Waals surface area contributed by atoms with Gasteiger partial charge in [0.05, 0.1) is 0 Å². The standard InChI is InChI=1S/C9H16O3/c1-5-6-7(10)12-8(11-6)9(2,3)4/h6,8H,5H2,1-4H3/t6?,8-/m0/s1. The molecule has 1 unspecified atom stereocenters. The zero-order chi connectivity index (χ0) is 9.35. The predicted molar refractivity (Wildman–Crippen MR) is 44.5 cm³/mol. The number of hydrogen-bond acceptors (Lipinski definition) is 3. The molecule has 70 valence electrons. The van der Waals surface area contributed by atoms with Crippen LogP contribution in [0.3, 0.4) is 0 Å². The van der Waals surface area contributed by atoms with Crippen LogP contribution < -0.4 is 0 Å². The third kappa shape index (κ3) is 1.78. The van der Waals surface area contributed by atoms with Gasteiger partial charge in [0.15, 0.2) is 6.10 Å². The molecule has 0 spiro atoms. The summed E-state index contributed by atoms with van der Waals surface area (Å²) in [4.78, 5) is 11.1. The average molecular weight is 172 g/mol. The van der Waals surface area contributed by atoms with E-state index in [4.69, 9.17) is 9.47 Å². The number of esters is 1. The second kappa shape index (κ2) is 3.05. The fourth-order valence-corrected chi connectivity index (χ4v) is 1.06. The molecule has 0 aliphatic carbocycles. The Bertz CT molecular complexity index is 181. The van der Waals surface area contributed by atoms with Gasteiger partial charge in [0.2, 0.25) is 6.29 Å². The number of carbonyl (C=O) groups excluding carboxylic acids is 1. The minimum absolute atomic E-state index is 0.125. The third-order valence-electron chi connectivity index (χ3n) is 1.85. The summed E-state index contributed by atoms with van der Waals surface area (Å²) in [6.45, 7) is 7.88. The van der Waals surface area contributed by atoms with Crippen molar-refractivity contribution in [3.05, 3.63) is 0 Å². The molecule has 0 bridgehead atoms. The first kappa shape index (κ1) is 9.52. The summed E-state index contributed by atoms with van der Waals surface area (Å²) < 4.78 is 10.5. The van der Waals surface area contributed by atoms with Crippen molar-refractivity contribution in [3.8, 4) is 0 Å². The Morgan fingerprint density at radius 3 is 2.25 bits per heavy atom. The highest BCUT2D eigenvalue weighted by molar-refractivity contribution is 5.76. The normalized spacial score (nSPS) is 30.5. The quantitative estimate of drug-likeness (QED) is 0.565. The van der Waals surface area contributed by atoms with Gasteiger partial charge in [-0.05, 0) is 6.42 Å². The summed E-state index contributed by atoms with van der Waals surface area (Å²) >= 11 is 0. The van der Waals surface area contributed by atoms with Crippen molar-refractivity contribution in [2.75, 3.05) is 0 Å². The van der Waals surface area contributed by atoms with Gasteiger partial charge in [-0.15, -0.1) is 0 Å². The third-order valence-corrected chi connectivity index (χ3v) is 1.85. The summed E-state index contributed by atoms with van der Waals surface area (Å²) in [7, 11) is 0. The van der Waals surface area contributed by atoms with E-state index >= 15 is 0 Å². The molecule has 0 aromatic carbocycles. The number of carbonyl (C=O) groups is 1. The molecule has 3 nitrogen and oxygen atoms in total. The van der Waals surface area contributed by atoms with E-state index in [9.17, 15) is 4.79 Å². The van der Waals surface area contributed by atoms with Gasteiger partial charge >= 0.3 is 5.97 Å². The van der Waals surface area contributed by atoms with E-state index in [1.807, 2.05) is 27.7 Å². The van der Waals surface area contributed by atoms with Crippen LogP contribution in [0.25, 0.3) is 0 Å². The Morgan fingerprint density at radius 2 is 2.00 bits per heavy atom. The first-order chi connectivity index (χ1) is 5.45. The summed E-state index contributed by atoms with van der Waals surface area (Å²) in [5.74, 6) is -0.225. The number of ether oxygens (including phenoxy) is 2. The van der Waals surface area contributed by atoms with E-state index in [2.05, 4.69) is 0 Å². The molecule has 1 aliphatic rings. The van der Waals surface area contributed by atoms with E-state index < -0.39 is 0 Å². The van der Waals surface area contributed by atoms with Gasteiger partial charge < -0.3 is 9.47 Å². The topological polar surface area (TPSA) is 35.5 Å². The molecular weight excluding hydrogens is 156 g/mol. The summed E-state index contributed by atoms with van der Waals surface area (Å²) in [6.07, 6.45) is -0.0463. The van der Waals surface area contributed by atoms with Crippen LogP contribution in [-0.4, -0.2) is 18.4 Å². The monoisotopic (exact) mass is 172 g/mol. The van der Waals surface area contributed by atoms with Gasteiger partial charge in [0, 0.05) is 5.41 Å². The van der Waals surface area contributed by atoms with E-state index in [0.717, 1.165) is 0 Å². The molecular formula is C9H16O3. The minimum atomic E-state index is -0.380. The van der Waals surface area contributed by atoms with Gasteiger partial charge in [0.1, 0.15) is 0 Å². The Hall–Kier alpha value is -0.570. The number of cyclic esters (lactones) is 1. The van der Waals surface area contributed by atoms with Crippen LogP contribution in [0, 0.1) is 5.41 Å². The lowest BCUT2D eigenvalue weighted by atomic mass is 9.96. The molecule has 1 saturated heterocycles. The lowest BCUT2D eigenvalue weighted by Crippen LogP contribution is -2.27. The van der Waals surface area contributed by atoms with Crippen molar-refractivity contribution in [3.63, 3.8) is 0 Å². The van der Waals surface area contributed by atoms with Crippen LogP contribution in [0.1, 0.15) is 34.1 Å². The van der Waals surface area contributed by atoms with Crippen LogP contribution in [0.2, 0.25) is 0 Å². The fourth-order valence-electron chi connectivity index (χ4n) is 1.06. The molecule has 12 heavy (non-hydrogen) atoms. The van der Waals surface area contributed by atoms with E-state index in [1.165, 1.54) is 0 Å². The lowest BCUT2D eigenvalue weighted by Gasteiger charge is -2.23. The Labute approximate surface area is 73.0 Å². The van der Waals surface area contributed by atoms with Gasteiger partial charge in [0.25, 0.3) is 0 Å². The molecule has 1 fully saturated rings. The maximum absolute atomic E-state index is 11.1. The molecule has 0 N–H and O–H groups in total. The predicted octanol–water partition coefficient (Wildman–Crippen LogP) is 1.71. The van der Waals surface area contributed by atoms with Crippen LogP contribution in [-0.2, 0) is 14.3 Å². The van der Waals surface area contributed by atoms with Crippen molar-refractivity contribution in [2.24, 2.45) is 5.41 Å². The van der Waals surface area contributed by atoms with Gasteiger partial charge in [-0.1, -0.05) is 27.7 Å². The zero-order valence-electron chi connectivity index (χ0n) is 8.09. The van der Waals surface area contributed by atoms with Crippen LogP contribution in [0.4, 0.5) is 0 Å². The Kier molecular flexibility index (Phi) is 2.42. The summed E-state index contributed by atoms with van der Waals surface area (Å²) in [5, 5.41) is 0. The SMILES string of the molecule is CCC1O[C@H](C(C)(C)C)OC1=O. The average Bonchev–Trinajstić information content (AvgIpc) is 2.29. The van der Waals surface area contributed by atoms with E-state index in [-0.39, 0.29) is 23.8 Å². The molecule has 1 aliphatic heterocycles. The van der Waals surface area contributed by atoms with Crippen molar-refractivity contribution in [1.29, 1.82) is 0 Å². The molecule has 3 heteroatoms. The first-order valence-corrected chi connectivity index (χ1v) is 4.31. The highest BCUT2D eigenvalue weighted by Crippen LogP contribution is 2.30. The molecule has 2 atom stereocenters. The maximum Gasteiger partial charge on any atom is 0.337 e. The Morgan fingerprint density at radius 1 is 1.42 bits per heavy atom. The van der Waals surface area contributed by atoms with Crippen LogP contribution in [0.15, 0.2) is 0 Å². The number of hydrogen-bond donors (Lipinski definition) is 0. The fraction of sp³-hybridized carbons (Fsp3) is 0.889. The molecule has 0 amide bonds. The van der Waals surface area contributed by atoms with Crippen molar-refractivity contribution >= 4 is 5.97 Å². The number of rotatable bonds is 1. The van der Waals surface area contributed by atoms with Crippen LogP contribution in [0.5, 0.6) is 0 Å². The van der Waals surface area contributed by atoms with Gasteiger partial charge in [-0.3, -0.25) is 0 Å². The second-order valence-corrected chi connectivity index (χ2v) is 4.17. The van der Waals surface area contributed by atoms with E-state index in [0.29, 0.717) is 6.42 Å². The van der Waals surface area contributed by atoms with Gasteiger partial charge in [-0.2, -0.15) is 0 Å². The first-order valence-electron chi connectivity index (χ1n) is 4.31. The molecule has 0 radical (unpaired) electrons. The largest absolute Gasteiger partial charge is 0.433 e. The van der Waals surface area contributed by atoms with Crippen molar-refractivity contribution in [1.82, 2.24) is 0 Å². The zero-order valence-corrected chi connectivity index (χ0v) is 8.09. The second-order valence-electron chi connectivity index (χ2n) is 4.17. The van der Waals surface area contributed by atoms with Crippen molar-refractivity contribution < 1.29 is 14.3 Å². The van der Waals surface area contributed by atoms with Crippen LogP contribution >= 0.6 is 0 Å². The maximum atomic E-state index is 11.1. The molecule has 0 aromatic heterocycles. The van der Waals surface area contributed by atoms with E-state index in [1.54, 1.807) is 0 Å². The van der Waals surface area contributed by atoms with Gasteiger partial charge in [-0.25, -0.2) is 4.79 Å². The highest BCUT2D eigenvalue weighted by Gasteiger charge is 2.40. The summed E-state index contributed by atoms with van der Waals surface area (Å²) in [5.41, 5.74) is -0.125. The molecule has 1 rings (SSSR count). The molecule has 0 aromatic rings. The minimum Gasteiger partial charge on any atom is -0.433 e. The van der Waals surface area contributed by atoms with Crippen molar-refractivity contribution in [2.45, 2.75) is 46.5 Å². The molecule has 1 heterocycles. The smallest absolute Gasteiger partial charge is 0.337 e.